The van der Waals surface area contributed by atoms with Gasteiger partial charge in [-0.25, -0.2) is 8.78 Å². The molecule has 0 heterocycles. The van der Waals surface area contributed by atoms with Gasteiger partial charge in [-0.2, -0.15) is 0 Å². The van der Waals surface area contributed by atoms with Gasteiger partial charge < -0.3 is 0 Å². The molecule has 0 saturated heterocycles. The zero-order chi connectivity index (χ0) is 5.86. The average molecular weight is 147 g/mol. The van der Waals surface area contributed by atoms with E-state index in [1.807, 2.05) is 0 Å². The first-order valence-corrected chi connectivity index (χ1v) is 2.29. The Labute approximate surface area is 49.7 Å². The van der Waals surface area contributed by atoms with E-state index in [1.165, 1.54) is 0 Å². The van der Waals surface area contributed by atoms with Crippen LogP contribution in [0.3, 0.4) is 0 Å². The number of halogens is 4. The van der Waals surface area contributed by atoms with E-state index >= 15 is 0 Å². The Hall–Kier alpha value is 0.180. The van der Waals surface area contributed by atoms with Crippen molar-refractivity contribution in [1.29, 1.82) is 0 Å². The molecule has 0 rings (SSSR count). The van der Waals surface area contributed by atoms with Crippen molar-refractivity contribution < 1.29 is 8.78 Å². The first kappa shape index (κ1) is 7.18. The molecule has 0 aromatic heterocycles. The SMILES string of the molecule is FC(=CCl)C(F)Cl. The lowest BCUT2D eigenvalue weighted by atomic mass is 10.7. The molecule has 0 amide bonds. The number of allylic oxidation sites excluding steroid dienone is 1. The zero-order valence-electron chi connectivity index (χ0n) is 3.17. The lowest BCUT2D eigenvalue weighted by molar-refractivity contribution is 0.419. The molecule has 0 aromatic carbocycles. The minimum atomic E-state index is -2.10. The Morgan fingerprint density at radius 2 is 2.14 bits per heavy atom. The van der Waals surface area contributed by atoms with E-state index in [-0.39, 0.29) is 0 Å². The third kappa shape index (κ3) is 2.83. The minimum absolute atomic E-state index is 0.456. The van der Waals surface area contributed by atoms with Gasteiger partial charge >= 0.3 is 0 Å². The summed E-state index contributed by atoms with van der Waals surface area (Å²) in [5, 5.41) is 0. The summed E-state index contributed by atoms with van der Waals surface area (Å²) in [6.45, 7) is 0. The molecule has 0 N–H and O–H groups in total. The summed E-state index contributed by atoms with van der Waals surface area (Å²) >= 11 is 9.22. The van der Waals surface area contributed by atoms with Gasteiger partial charge in [0.25, 0.3) is 0 Å². The highest BCUT2D eigenvalue weighted by atomic mass is 35.5. The monoisotopic (exact) mass is 146 g/mol. The predicted octanol–water partition coefficient (Wildman–Crippen LogP) is 2.57. The molecule has 42 valence electrons. The van der Waals surface area contributed by atoms with Crippen LogP contribution in [0.2, 0.25) is 0 Å². The highest BCUT2D eigenvalue weighted by Gasteiger charge is 2.04. The summed E-state index contributed by atoms with van der Waals surface area (Å²) in [5.74, 6) is -1.16. The van der Waals surface area contributed by atoms with E-state index in [1.54, 1.807) is 0 Å². The van der Waals surface area contributed by atoms with Crippen molar-refractivity contribution in [2.45, 2.75) is 5.63 Å². The van der Waals surface area contributed by atoms with Gasteiger partial charge in [0.05, 0.1) is 0 Å². The van der Waals surface area contributed by atoms with Crippen LogP contribution >= 0.6 is 23.2 Å². The van der Waals surface area contributed by atoms with Crippen LogP contribution in [-0.2, 0) is 0 Å². The molecule has 0 saturated carbocycles. The second-order valence-corrected chi connectivity index (χ2v) is 1.40. The van der Waals surface area contributed by atoms with Gasteiger partial charge in [0.1, 0.15) is 0 Å². The van der Waals surface area contributed by atoms with E-state index in [0.29, 0.717) is 5.54 Å². The van der Waals surface area contributed by atoms with Crippen molar-refractivity contribution in [3.05, 3.63) is 11.4 Å². The van der Waals surface area contributed by atoms with Crippen LogP contribution in [0.1, 0.15) is 0 Å². The second-order valence-electron chi connectivity index (χ2n) is 0.795. The topological polar surface area (TPSA) is 0 Å². The third-order valence-corrected chi connectivity index (χ3v) is 0.730. The van der Waals surface area contributed by atoms with Crippen LogP contribution in [-0.4, -0.2) is 5.63 Å². The molecule has 0 aliphatic carbocycles. The molecule has 0 spiro atoms. The Balaban J connectivity index is 3.56. The predicted molar refractivity (Wildman–Crippen MR) is 25.8 cm³/mol. The third-order valence-electron chi connectivity index (χ3n) is 0.313. The summed E-state index contributed by atoms with van der Waals surface area (Å²) in [6.07, 6.45) is 0. The van der Waals surface area contributed by atoms with Crippen molar-refractivity contribution in [2.75, 3.05) is 0 Å². The van der Waals surface area contributed by atoms with Crippen LogP contribution in [0.25, 0.3) is 0 Å². The largest absolute Gasteiger partial charge is 0.225 e. The first-order chi connectivity index (χ1) is 3.18. The number of rotatable bonds is 1. The molecule has 0 aliphatic heterocycles. The normalized spacial score (nSPS) is 16.9. The Morgan fingerprint density at radius 1 is 1.71 bits per heavy atom. The van der Waals surface area contributed by atoms with Gasteiger partial charge in [-0.05, 0) is 0 Å². The summed E-state index contributed by atoms with van der Waals surface area (Å²) in [4.78, 5) is 0. The van der Waals surface area contributed by atoms with Crippen LogP contribution in [0.4, 0.5) is 8.78 Å². The molecule has 1 atom stereocenters. The summed E-state index contributed by atoms with van der Waals surface area (Å²) < 4.78 is 22.8. The highest BCUT2D eigenvalue weighted by molar-refractivity contribution is 6.27. The molecular weight excluding hydrogens is 145 g/mol. The number of alkyl halides is 2. The Kier molecular flexibility index (Phi) is 3.30. The maximum atomic E-state index is 11.5. The van der Waals surface area contributed by atoms with E-state index < -0.39 is 11.5 Å². The molecule has 0 aromatic rings. The molecule has 0 fully saturated rings. The fourth-order valence-corrected chi connectivity index (χ4v) is 0.286. The molecule has 4 heteroatoms. The van der Waals surface area contributed by atoms with E-state index in [0.717, 1.165) is 0 Å². The molecular formula is C3H2Cl2F2. The zero-order valence-corrected chi connectivity index (χ0v) is 4.68. The van der Waals surface area contributed by atoms with E-state index in [4.69, 9.17) is 0 Å². The summed E-state index contributed by atoms with van der Waals surface area (Å²) in [6, 6.07) is 0. The molecule has 7 heavy (non-hydrogen) atoms. The van der Waals surface area contributed by atoms with Crippen molar-refractivity contribution in [2.24, 2.45) is 0 Å². The smallest absolute Gasteiger partial charge is 0.222 e. The quantitative estimate of drug-likeness (QED) is 0.500. The fourth-order valence-electron chi connectivity index (χ4n) is 0.0476. The van der Waals surface area contributed by atoms with Crippen molar-refractivity contribution in [3.8, 4) is 0 Å². The van der Waals surface area contributed by atoms with Crippen LogP contribution < -0.4 is 0 Å². The van der Waals surface area contributed by atoms with Crippen molar-refractivity contribution in [1.82, 2.24) is 0 Å². The number of hydrogen-bond acceptors (Lipinski definition) is 0. The second kappa shape index (κ2) is 3.22. The lowest BCUT2D eigenvalue weighted by Crippen LogP contribution is -1.84. The Bertz CT molecular complexity index is 79.0. The van der Waals surface area contributed by atoms with Gasteiger partial charge in [-0.1, -0.05) is 23.2 Å². The van der Waals surface area contributed by atoms with Crippen LogP contribution in [0, 0.1) is 0 Å². The van der Waals surface area contributed by atoms with Gasteiger partial charge in [-0.3, -0.25) is 0 Å². The molecule has 0 bridgehead atoms. The minimum Gasteiger partial charge on any atom is -0.222 e. The molecule has 0 radical (unpaired) electrons. The van der Waals surface area contributed by atoms with Gasteiger partial charge in [0, 0.05) is 5.54 Å². The maximum Gasteiger partial charge on any atom is 0.225 e. The van der Waals surface area contributed by atoms with Crippen LogP contribution in [0.15, 0.2) is 11.4 Å². The number of hydrogen-bond donors (Lipinski definition) is 0. The van der Waals surface area contributed by atoms with Gasteiger partial charge in [-0.15, -0.1) is 0 Å². The van der Waals surface area contributed by atoms with E-state index in [2.05, 4.69) is 23.2 Å². The standard InChI is InChI=1S/C3H2Cl2F2/c4-1-2(6)3(5)7/h1,3H. The van der Waals surface area contributed by atoms with E-state index in [9.17, 15) is 8.78 Å². The summed E-state index contributed by atoms with van der Waals surface area (Å²) in [5.41, 5.74) is -1.64. The average Bonchev–Trinajstić information content (AvgIpc) is 1.65. The summed E-state index contributed by atoms with van der Waals surface area (Å²) in [7, 11) is 0. The molecule has 0 aliphatic rings. The first-order valence-electron chi connectivity index (χ1n) is 1.42. The molecule has 0 nitrogen and oxygen atoms in total. The maximum absolute atomic E-state index is 11.5. The molecule has 1 unspecified atom stereocenters. The van der Waals surface area contributed by atoms with Crippen LogP contribution in [0.5, 0.6) is 0 Å². The van der Waals surface area contributed by atoms with Gasteiger partial charge in [0.2, 0.25) is 5.63 Å². The van der Waals surface area contributed by atoms with Crippen molar-refractivity contribution >= 4 is 23.2 Å². The van der Waals surface area contributed by atoms with Crippen molar-refractivity contribution in [3.63, 3.8) is 0 Å². The van der Waals surface area contributed by atoms with Gasteiger partial charge in [0.15, 0.2) is 5.83 Å². The fraction of sp³-hybridized carbons (Fsp3) is 0.333. The lowest BCUT2D eigenvalue weighted by Gasteiger charge is -1.87. The highest BCUT2D eigenvalue weighted by Crippen LogP contribution is 2.12. The Morgan fingerprint density at radius 3 is 2.14 bits per heavy atom.